The van der Waals surface area contributed by atoms with Crippen molar-refractivity contribution in [2.75, 3.05) is 6.61 Å². The van der Waals surface area contributed by atoms with Gasteiger partial charge < -0.3 is 10.4 Å². The number of aliphatic hydroxyl groups excluding tert-OH is 1. The Morgan fingerprint density at radius 2 is 2.00 bits per heavy atom. The molecule has 0 saturated heterocycles. The zero-order chi connectivity index (χ0) is 12.8. The third kappa shape index (κ3) is 4.40. The third-order valence-electron chi connectivity index (χ3n) is 2.77. The van der Waals surface area contributed by atoms with Gasteiger partial charge in [0, 0.05) is 18.2 Å². The molecule has 0 saturated carbocycles. The molecule has 96 valence electrons. The highest BCUT2D eigenvalue weighted by Gasteiger charge is 2.12. The minimum Gasteiger partial charge on any atom is -0.395 e. The SMILES string of the molecule is CC(C)[C@@H](CO)NCc1cccc(C(F)F)c1. The van der Waals surface area contributed by atoms with Crippen LogP contribution in [-0.4, -0.2) is 17.8 Å². The van der Waals surface area contributed by atoms with Crippen LogP contribution in [-0.2, 0) is 6.54 Å². The Hall–Kier alpha value is -1.00. The lowest BCUT2D eigenvalue weighted by molar-refractivity contribution is 0.151. The highest BCUT2D eigenvalue weighted by molar-refractivity contribution is 5.24. The number of halogens is 2. The molecule has 2 nitrogen and oxygen atoms in total. The van der Waals surface area contributed by atoms with Crippen molar-refractivity contribution in [2.45, 2.75) is 32.9 Å². The molecule has 0 radical (unpaired) electrons. The van der Waals surface area contributed by atoms with E-state index in [9.17, 15) is 8.78 Å². The predicted molar refractivity (Wildman–Crippen MR) is 64.0 cm³/mol. The molecule has 1 atom stereocenters. The maximum absolute atomic E-state index is 12.5. The number of rotatable bonds is 6. The van der Waals surface area contributed by atoms with Gasteiger partial charge in [-0.05, 0) is 17.5 Å². The standard InChI is InChI=1S/C13H19F2NO/c1-9(2)12(8-17)16-7-10-4-3-5-11(6-10)13(14)15/h3-6,9,12-13,16-17H,7-8H2,1-2H3/t12-/m1/s1. The van der Waals surface area contributed by atoms with Crippen molar-refractivity contribution >= 4 is 0 Å². The Balaban J connectivity index is 2.59. The zero-order valence-corrected chi connectivity index (χ0v) is 10.2. The first-order chi connectivity index (χ1) is 8.04. The van der Waals surface area contributed by atoms with Gasteiger partial charge in [-0.2, -0.15) is 0 Å². The Labute approximate surface area is 101 Å². The lowest BCUT2D eigenvalue weighted by atomic mass is 10.0. The van der Waals surface area contributed by atoms with Crippen LogP contribution in [0, 0.1) is 5.92 Å². The summed E-state index contributed by atoms with van der Waals surface area (Å²) in [5, 5.41) is 12.3. The second kappa shape index (κ2) is 6.67. The summed E-state index contributed by atoms with van der Waals surface area (Å²) in [5.41, 5.74) is 0.844. The molecule has 1 aromatic carbocycles. The van der Waals surface area contributed by atoms with Crippen LogP contribution in [0.3, 0.4) is 0 Å². The Kier molecular flexibility index (Phi) is 5.51. The summed E-state index contributed by atoms with van der Waals surface area (Å²) in [4.78, 5) is 0. The Morgan fingerprint density at radius 1 is 1.29 bits per heavy atom. The van der Waals surface area contributed by atoms with Crippen molar-refractivity contribution in [3.05, 3.63) is 35.4 Å². The fourth-order valence-electron chi connectivity index (χ4n) is 1.60. The average molecular weight is 243 g/mol. The average Bonchev–Trinajstić information content (AvgIpc) is 2.29. The molecular weight excluding hydrogens is 224 g/mol. The van der Waals surface area contributed by atoms with E-state index in [0.717, 1.165) is 5.56 Å². The van der Waals surface area contributed by atoms with Gasteiger partial charge in [0.05, 0.1) is 6.61 Å². The van der Waals surface area contributed by atoms with Crippen LogP contribution < -0.4 is 5.32 Å². The zero-order valence-electron chi connectivity index (χ0n) is 10.2. The van der Waals surface area contributed by atoms with E-state index in [1.165, 1.54) is 12.1 Å². The number of benzene rings is 1. The van der Waals surface area contributed by atoms with Gasteiger partial charge in [0.1, 0.15) is 0 Å². The van der Waals surface area contributed by atoms with Crippen molar-refractivity contribution in [1.82, 2.24) is 5.32 Å². The molecule has 0 heterocycles. The van der Waals surface area contributed by atoms with E-state index in [1.54, 1.807) is 12.1 Å². The van der Waals surface area contributed by atoms with E-state index in [4.69, 9.17) is 5.11 Å². The molecule has 0 aliphatic carbocycles. The molecular formula is C13H19F2NO. The minimum atomic E-state index is -2.44. The van der Waals surface area contributed by atoms with Gasteiger partial charge in [-0.25, -0.2) is 8.78 Å². The van der Waals surface area contributed by atoms with Crippen LogP contribution in [0.15, 0.2) is 24.3 Å². The molecule has 0 bridgehead atoms. The summed E-state index contributed by atoms with van der Waals surface area (Å²) < 4.78 is 25.0. The van der Waals surface area contributed by atoms with E-state index in [-0.39, 0.29) is 18.2 Å². The molecule has 0 amide bonds. The van der Waals surface area contributed by atoms with Crippen molar-refractivity contribution in [1.29, 1.82) is 0 Å². The Bertz CT molecular complexity index is 342. The smallest absolute Gasteiger partial charge is 0.263 e. The fourth-order valence-corrected chi connectivity index (χ4v) is 1.60. The molecule has 1 rings (SSSR count). The number of alkyl halides is 2. The molecule has 0 aliphatic heterocycles. The van der Waals surface area contributed by atoms with Crippen LogP contribution in [0.2, 0.25) is 0 Å². The second-order valence-corrected chi connectivity index (χ2v) is 4.46. The summed E-state index contributed by atoms with van der Waals surface area (Å²) in [7, 11) is 0. The number of aliphatic hydroxyl groups is 1. The van der Waals surface area contributed by atoms with E-state index in [0.29, 0.717) is 12.5 Å². The van der Waals surface area contributed by atoms with Gasteiger partial charge in [0.25, 0.3) is 6.43 Å². The first-order valence-electron chi connectivity index (χ1n) is 5.75. The molecule has 2 N–H and O–H groups in total. The molecule has 1 aromatic rings. The van der Waals surface area contributed by atoms with Crippen LogP contribution in [0.25, 0.3) is 0 Å². The fraction of sp³-hybridized carbons (Fsp3) is 0.538. The largest absolute Gasteiger partial charge is 0.395 e. The summed E-state index contributed by atoms with van der Waals surface area (Å²) >= 11 is 0. The van der Waals surface area contributed by atoms with Gasteiger partial charge in [-0.3, -0.25) is 0 Å². The topological polar surface area (TPSA) is 32.3 Å². The Morgan fingerprint density at radius 3 is 2.53 bits per heavy atom. The maximum atomic E-state index is 12.5. The third-order valence-corrected chi connectivity index (χ3v) is 2.77. The highest BCUT2D eigenvalue weighted by atomic mass is 19.3. The van der Waals surface area contributed by atoms with Crippen molar-refractivity contribution in [3.63, 3.8) is 0 Å². The number of hydrogen-bond donors (Lipinski definition) is 2. The minimum absolute atomic E-state index is 0.00907. The number of hydrogen-bond acceptors (Lipinski definition) is 2. The predicted octanol–water partition coefficient (Wildman–Crippen LogP) is 2.73. The molecule has 0 fully saturated rings. The van der Waals surface area contributed by atoms with E-state index < -0.39 is 6.43 Å². The van der Waals surface area contributed by atoms with E-state index >= 15 is 0 Å². The van der Waals surface area contributed by atoms with E-state index in [2.05, 4.69) is 5.32 Å². The monoisotopic (exact) mass is 243 g/mol. The highest BCUT2D eigenvalue weighted by Crippen LogP contribution is 2.19. The molecule has 0 aliphatic rings. The molecule has 0 spiro atoms. The first kappa shape index (κ1) is 14.1. The maximum Gasteiger partial charge on any atom is 0.263 e. The molecule has 0 unspecified atom stereocenters. The van der Waals surface area contributed by atoms with Crippen LogP contribution in [0.5, 0.6) is 0 Å². The summed E-state index contributed by atoms with van der Waals surface area (Å²) in [6.07, 6.45) is -2.44. The summed E-state index contributed by atoms with van der Waals surface area (Å²) in [6, 6.07) is 6.33. The van der Waals surface area contributed by atoms with Crippen molar-refractivity contribution < 1.29 is 13.9 Å². The first-order valence-corrected chi connectivity index (χ1v) is 5.75. The normalized spacial score (nSPS) is 13.4. The summed E-state index contributed by atoms with van der Waals surface area (Å²) in [6.45, 7) is 4.54. The quantitative estimate of drug-likeness (QED) is 0.805. The van der Waals surface area contributed by atoms with Gasteiger partial charge >= 0.3 is 0 Å². The van der Waals surface area contributed by atoms with Crippen LogP contribution in [0.1, 0.15) is 31.4 Å². The number of nitrogens with one attached hydrogen (secondary N) is 1. The lowest BCUT2D eigenvalue weighted by Crippen LogP contribution is -2.36. The van der Waals surface area contributed by atoms with Gasteiger partial charge in [0.15, 0.2) is 0 Å². The molecule has 0 aromatic heterocycles. The molecule has 17 heavy (non-hydrogen) atoms. The lowest BCUT2D eigenvalue weighted by Gasteiger charge is -2.20. The summed E-state index contributed by atoms with van der Waals surface area (Å²) in [5.74, 6) is 0.304. The second-order valence-electron chi connectivity index (χ2n) is 4.46. The van der Waals surface area contributed by atoms with E-state index in [1.807, 2.05) is 13.8 Å². The van der Waals surface area contributed by atoms with Gasteiger partial charge in [-0.1, -0.05) is 32.0 Å². The van der Waals surface area contributed by atoms with Crippen LogP contribution in [0.4, 0.5) is 8.78 Å². The van der Waals surface area contributed by atoms with Gasteiger partial charge in [-0.15, -0.1) is 0 Å². The molecule has 4 heteroatoms. The van der Waals surface area contributed by atoms with Crippen LogP contribution >= 0.6 is 0 Å². The van der Waals surface area contributed by atoms with Crippen molar-refractivity contribution in [2.24, 2.45) is 5.92 Å². The van der Waals surface area contributed by atoms with Gasteiger partial charge in [0.2, 0.25) is 0 Å². The van der Waals surface area contributed by atoms with Crippen molar-refractivity contribution in [3.8, 4) is 0 Å².